The first-order valence-corrected chi connectivity index (χ1v) is 3.80. The van der Waals surface area contributed by atoms with Gasteiger partial charge in [-0.3, -0.25) is 4.79 Å². The molecule has 0 rings (SSSR count). The number of hydrogen-bond acceptors (Lipinski definition) is 1. The molecule has 0 aromatic carbocycles. The van der Waals surface area contributed by atoms with Crippen LogP contribution >= 0.6 is 10.3 Å². The lowest BCUT2D eigenvalue weighted by atomic mass is 10.2. The molecule has 0 aliphatic rings. The van der Waals surface area contributed by atoms with Gasteiger partial charge in [-0.15, -0.1) is 0 Å². The van der Waals surface area contributed by atoms with E-state index in [1.807, 2.05) is 6.82 Å². The summed E-state index contributed by atoms with van der Waals surface area (Å²) in [6.07, 6.45) is 0. The van der Waals surface area contributed by atoms with E-state index in [0.717, 1.165) is 0 Å². The average molecular weight is 131 g/mol. The monoisotopic (exact) mass is 131 g/mol. The molecule has 4 heteroatoms. The fourth-order valence-corrected chi connectivity index (χ4v) is 0.726. The summed E-state index contributed by atoms with van der Waals surface area (Å²) in [6, 6.07) is 0. The van der Waals surface area contributed by atoms with Gasteiger partial charge in [0, 0.05) is 0 Å². The number of carboxylic acids is 1. The predicted octanol–water partition coefficient (Wildman–Crippen LogP) is 0.439. The van der Waals surface area contributed by atoms with Gasteiger partial charge in [0.25, 0.3) is 0 Å². The standard InChI is InChI=1S/C4H8BO2S/c1-5-8(2)3-4(6)7/h2-3H2,1H3,(H,6,7). The minimum atomic E-state index is -0.776. The topological polar surface area (TPSA) is 37.3 Å². The Morgan fingerprint density at radius 2 is 2.50 bits per heavy atom. The molecular weight excluding hydrogens is 123 g/mol. The Balaban J connectivity index is 3.40. The molecule has 0 saturated carbocycles. The molecule has 0 aromatic rings. The number of aliphatic carboxylic acids is 1. The molecule has 0 amide bonds. The maximum Gasteiger partial charge on any atom is 0.312 e. The van der Waals surface area contributed by atoms with E-state index in [-0.39, 0.29) is 16.1 Å². The first-order valence-electron chi connectivity index (χ1n) is 2.17. The summed E-state index contributed by atoms with van der Waals surface area (Å²) < 4.78 is 0. The van der Waals surface area contributed by atoms with Crippen LogP contribution in [0.3, 0.4) is 0 Å². The number of hydrogen-bond donors (Lipinski definition) is 1. The van der Waals surface area contributed by atoms with Crippen molar-refractivity contribution in [1.29, 1.82) is 0 Å². The summed E-state index contributed by atoms with van der Waals surface area (Å²) in [5, 5.41) is 8.16. The second kappa shape index (κ2) is 3.72. The Kier molecular flexibility index (Phi) is 3.61. The van der Waals surface area contributed by atoms with Crippen LogP contribution < -0.4 is 0 Å². The molecule has 0 fully saturated rings. The highest BCUT2D eigenvalue weighted by atomic mass is 32.2. The summed E-state index contributed by atoms with van der Waals surface area (Å²) in [5.74, 6) is 2.97. The van der Waals surface area contributed by atoms with Crippen molar-refractivity contribution in [2.75, 3.05) is 5.75 Å². The van der Waals surface area contributed by atoms with Gasteiger partial charge >= 0.3 is 5.97 Å². The van der Waals surface area contributed by atoms with E-state index in [1.54, 1.807) is 6.56 Å². The third-order valence-electron chi connectivity index (χ3n) is 0.642. The van der Waals surface area contributed by atoms with Gasteiger partial charge in [-0.05, 0) is 0 Å². The van der Waals surface area contributed by atoms with Gasteiger partial charge in [-0.25, -0.2) is 10.3 Å². The second-order valence-corrected chi connectivity index (χ2v) is 3.15. The molecule has 1 unspecified atom stereocenters. The van der Waals surface area contributed by atoms with Crippen molar-refractivity contribution in [3.8, 4) is 0 Å². The van der Waals surface area contributed by atoms with E-state index in [4.69, 9.17) is 5.11 Å². The highest BCUT2D eigenvalue weighted by Gasteiger charge is 1.95. The third-order valence-corrected chi connectivity index (χ3v) is 1.93. The van der Waals surface area contributed by atoms with Crippen molar-refractivity contribution >= 4 is 28.7 Å². The Morgan fingerprint density at radius 3 is 2.62 bits per heavy atom. The minimum Gasteiger partial charge on any atom is -0.481 e. The van der Waals surface area contributed by atoms with Gasteiger partial charge in [0.15, 0.2) is 6.56 Å². The van der Waals surface area contributed by atoms with E-state index in [9.17, 15) is 4.79 Å². The zero-order valence-electron chi connectivity index (χ0n) is 4.76. The fourth-order valence-electron chi connectivity index (χ4n) is 0.242. The molecular formula is C4H8BO2S. The summed E-state index contributed by atoms with van der Waals surface area (Å²) >= 11 is 0. The summed E-state index contributed by atoms with van der Waals surface area (Å²) in [4.78, 5) is 9.92. The fraction of sp³-hybridized carbons (Fsp3) is 0.500. The van der Waals surface area contributed by atoms with Crippen molar-refractivity contribution in [1.82, 2.24) is 0 Å². The molecule has 1 radical (unpaired) electrons. The highest BCUT2D eigenvalue weighted by Crippen LogP contribution is 2.03. The Morgan fingerprint density at radius 1 is 2.00 bits per heavy atom. The molecule has 0 heterocycles. The normalized spacial score (nSPS) is 12.6. The van der Waals surface area contributed by atoms with Gasteiger partial charge in [0.05, 0.1) is 5.75 Å². The second-order valence-electron chi connectivity index (χ2n) is 1.31. The Hall–Kier alpha value is -0.245. The van der Waals surface area contributed by atoms with Crippen molar-refractivity contribution in [3.05, 3.63) is 0 Å². The SMILES string of the molecule is C=S([B]C)CC(=O)O. The largest absolute Gasteiger partial charge is 0.481 e. The maximum atomic E-state index is 9.92. The van der Waals surface area contributed by atoms with E-state index < -0.39 is 5.97 Å². The van der Waals surface area contributed by atoms with Crippen LogP contribution in [-0.4, -0.2) is 29.3 Å². The highest BCUT2D eigenvalue weighted by molar-refractivity contribution is 8.35. The lowest BCUT2D eigenvalue weighted by molar-refractivity contribution is -0.133. The van der Waals surface area contributed by atoms with E-state index >= 15 is 0 Å². The molecule has 8 heavy (non-hydrogen) atoms. The van der Waals surface area contributed by atoms with Gasteiger partial charge in [-0.2, -0.15) is 0 Å². The van der Waals surface area contributed by atoms with Crippen LogP contribution in [0.2, 0.25) is 6.82 Å². The maximum absolute atomic E-state index is 9.92. The zero-order chi connectivity index (χ0) is 6.57. The lowest BCUT2D eigenvalue weighted by Gasteiger charge is -1.94. The van der Waals surface area contributed by atoms with Crippen LogP contribution in [0.25, 0.3) is 0 Å². The summed E-state index contributed by atoms with van der Waals surface area (Å²) in [6.45, 7) is 3.62. The predicted molar refractivity (Wildman–Crippen MR) is 38.8 cm³/mol. The van der Waals surface area contributed by atoms with Crippen LogP contribution in [0, 0.1) is 0 Å². The van der Waals surface area contributed by atoms with Gasteiger partial charge in [0.2, 0.25) is 0 Å². The van der Waals surface area contributed by atoms with Crippen molar-refractivity contribution < 1.29 is 9.90 Å². The molecule has 0 saturated heterocycles. The minimum absolute atomic E-state index is 0.163. The van der Waals surface area contributed by atoms with Crippen molar-refractivity contribution in [2.45, 2.75) is 6.82 Å². The quantitative estimate of drug-likeness (QED) is 0.445. The molecule has 0 aliphatic heterocycles. The van der Waals surface area contributed by atoms with Gasteiger partial charge < -0.3 is 5.11 Å². The van der Waals surface area contributed by atoms with Crippen LogP contribution in [0.4, 0.5) is 0 Å². The number of carbonyl (C=O) groups is 1. The smallest absolute Gasteiger partial charge is 0.312 e. The van der Waals surface area contributed by atoms with E-state index in [2.05, 4.69) is 5.87 Å². The Bertz CT molecular complexity index is 113. The van der Waals surface area contributed by atoms with Crippen LogP contribution in [0.1, 0.15) is 0 Å². The molecule has 2 nitrogen and oxygen atoms in total. The number of rotatable bonds is 3. The lowest BCUT2D eigenvalue weighted by Crippen LogP contribution is -2.00. The van der Waals surface area contributed by atoms with Crippen molar-refractivity contribution in [3.63, 3.8) is 0 Å². The molecule has 1 atom stereocenters. The van der Waals surface area contributed by atoms with Crippen LogP contribution in [0.15, 0.2) is 0 Å². The van der Waals surface area contributed by atoms with Crippen LogP contribution in [-0.2, 0) is 4.79 Å². The van der Waals surface area contributed by atoms with Gasteiger partial charge in [-0.1, -0.05) is 12.7 Å². The molecule has 0 aliphatic carbocycles. The molecule has 45 valence electrons. The van der Waals surface area contributed by atoms with E-state index in [0.29, 0.717) is 0 Å². The summed E-state index contributed by atoms with van der Waals surface area (Å²) in [7, 11) is -0.282. The van der Waals surface area contributed by atoms with Crippen LogP contribution in [0.5, 0.6) is 0 Å². The average Bonchev–Trinajstić information content (AvgIpc) is 1.65. The summed E-state index contributed by atoms with van der Waals surface area (Å²) in [5.41, 5.74) is 0. The molecule has 0 aromatic heterocycles. The molecule has 0 spiro atoms. The van der Waals surface area contributed by atoms with E-state index in [1.165, 1.54) is 0 Å². The van der Waals surface area contributed by atoms with Crippen molar-refractivity contribution in [2.24, 2.45) is 0 Å². The zero-order valence-corrected chi connectivity index (χ0v) is 5.57. The molecule has 1 N–H and O–H groups in total. The molecule has 0 bridgehead atoms. The third kappa shape index (κ3) is 3.93. The first-order chi connectivity index (χ1) is 3.66. The van der Waals surface area contributed by atoms with Gasteiger partial charge in [0.1, 0.15) is 0 Å². The number of carboxylic acid groups (broad SMARTS) is 1. The Labute approximate surface area is 52.0 Å². The first kappa shape index (κ1) is 7.75.